The Bertz CT molecular complexity index is 1210. The molecule has 0 radical (unpaired) electrons. The molecule has 4 aromatic heterocycles. The molecule has 0 saturated carbocycles. The molecule has 0 unspecified atom stereocenters. The van der Waals surface area contributed by atoms with Crippen LogP contribution in [0.3, 0.4) is 0 Å². The molecule has 5 rings (SSSR count). The molecule has 0 aromatic carbocycles. The van der Waals surface area contributed by atoms with E-state index in [1.807, 2.05) is 30.3 Å². The summed E-state index contributed by atoms with van der Waals surface area (Å²) in [7, 11) is 0. The maximum absolute atomic E-state index is 14.5. The summed E-state index contributed by atoms with van der Waals surface area (Å²) in [6.45, 7) is 1.77. The Balaban J connectivity index is 1.65. The van der Waals surface area contributed by atoms with Crippen molar-refractivity contribution in [2.75, 3.05) is 26.4 Å². The molecule has 7 nitrogen and oxygen atoms in total. The van der Waals surface area contributed by atoms with Gasteiger partial charge in [-0.25, -0.2) is 9.97 Å². The van der Waals surface area contributed by atoms with E-state index in [-0.39, 0.29) is 12.7 Å². The topological polar surface area (TPSA) is 82.2 Å². The summed E-state index contributed by atoms with van der Waals surface area (Å²) in [6, 6.07) is 10.6. The highest BCUT2D eigenvalue weighted by atomic mass is 79.9. The summed E-state index contributed by atoms with van der Waals surface area (Å²) in [5.74, 6) is -0.282. The molecule has 4 aromatic rings. The lowest BCUT2D eigenvalue weighted by atomic mass is 10.1. The molecule has 1 fully saturated rings. The predicted octanol–water partition coefficient (Wildman–Crippen LogP) is 4.38. The van der Waals surface area contributed by atoms with Crippen molar-refractivity contribution in [1.82, 2.24) is 19.9 Å². The largest absolute Gasteiger partial charge is 0.488 e. The van der Waals surface area contributed by atoms with Crippen LogP contribution in [0, 0.1) is 5.95 Å². The van der Waals surface area contributed by atoms with Crippen LogP contribution in [0.4, 0.5) is 4.39 Å². The molecule has 1 aliphatic rings. The van der Waals surface area contributed by atoms with Crippen molar-refractivity contribution in [2.45, 2.75) is 6.10 Å². The molecule has 1 N–H and O–H groups in total. The fourth-order valence-electron chi connectivity index (χ4n) is 3.56. The monoisotopic (exact) mass is 484 g/mol. The van der Waals surface area contributed by atoms with Crippen LogP contribution in [0.5, 0.6) is 5.75 Å². The third kappa shape index (κ3) is 4.16. The van der Waals surface area contributed by atoms with E-state index in [1.54, 1.807) is 12.4 Å². The summed E-state index contributed by atoms with van der Waals surface area (Å²) >= 11 is 3.41. The number of aromatic nitrogens is 4. The quantitative estimate of drug-likeness (QED) is 0.423. The van der Waals surface area contributed by atoms with Crippen LogP contribution in [0.2, 0.25) is 0 Å². The minimum atomic E-state index is -0.637. The van der Waals surface area contributed by atoms with Crippen molar-refractivity contribution in [3.63, 3.8) is 0 Å². The Kier molecular flexibility index (Phi) is 5.63. The molecular formula is C22H18BrFN4O3. The van der Waals surface area contributed by atoms with Crippen LogP contribution < -0.4 is 4.74 Å². The standard InChI is InChI=1S/C22H18BrFN4O3/c23-17-9-13(4-6-26-17)20-19(15-3-1-2-5-25-15)22-21(28-20)16(10-18(24)27-22)31-12-14-11-29-7-8-30-14/h1-6,9-10,14,28H,7-8,11-12H2/t14-/m0/s1. The van der Waals surface area contributed by atoms with Crippen LogP contribution in [0.1, 0.15) is 0 Å². The Labute approximate surface area is 185 Å². The average molecular weight is 485 g/mol. The smallest absolute Gasteiger partial charge is 0.217 e. The Morgan fingerprint density at radius 3 is 2.87 bits per heavy atom. The van der Waals surface area contributed by atoms with E-state index >= 15 is 0 Å². The average Bonchev–Trinajstić information content (AvgIpc) is 3.18. The lowest BCUT2D eigenvalue weighted by molar-refractivity contribution is -0.101. The number of hydrogen-bond donors (Lipinski definition) is 1. The lowest BCUT2D eigenvalue weighted by Crippen LogP contribution is -2.33. The van der Waals surface area contributed by atoms with Gasteiger partial charge in [-0.3, -0.25) is 4.98 Å². The van der Waals surface area contributed by atoms with Crippen LogP contribution >= 0.6 is 15.9 Å². The summed E-state index contributed by atoms with van der Waals surface area (Å²) in [5, 5.41) is 0. The van der Waals surface area contributed by atoms with Gasteiger partial charge in [0.1, 0.15) is 34.1 Å². The molecule has 0 aliphatic carbocycles. The fourth-order valence-corrected chi connectivity index (χ4v) is 3.93. The third-order valence-corrected chi connectivity index (χ3v) is 5.37. The van der Waals surface area contributed by atoms with Crippen molar-refractivity contribution in [3.8, 4) is 28.3 Å². The van der Waals surface area contributed by atoms with Gasteiger partial charge in [-0.1, -0.05) is 6.07 Å². The molecule has 1 aliphatic heterocycles. The van der Waals surface area contributed by atoms with Gasteiger partial charge < -0.3 is 19.2 Å². The number of nitrogens with one attached hydrogen (secondary N) is 1. The van der Waals surface area contributed by atoms with Gasteiger partial charge in [0.25, 0.3) is 0 Å². The molecule has 31 heavy (non-hydrogen) atoms. The zero-order valence-electron chi connectivity index (χ0n) is 16.3. The molecule has 1 saturated heterocycles. The van der Waals surface area contributed by atoms with Gasteiger partial charge in [0, 0.05) is 24.0 Å². The zero-order chi connectivity index (χ0) is 21.2. The summed E-state index contributed by atoms with van der Waals surface area (Å²) < 4.78 is 32.2. The van der Waals surface area contributed by atoms with Crippen molar-refractivity contribution in [2.24, 2.45) is 0 Å². The van der Waals surface area contributed by atoms with Crippen LogP contribution in [-0.4, -0.2) is 52.5 Å². The van der Waals surface area contributed by atoms with E-state index in [2.05, 4.69) is 35.9 Å². The van der Waals surface area contributed by atoms with Gasteiger partial charge in [0.15, 0.2) is 0 Å². The number of hydrogen-bond acceptors (Lipinski definition) is 6. The van der Waals surface area contributed by atoms with Crippen molar-refractivity contribution >= 4 is 27.0 Å². The maximum atomic E-state index is 14.5. The Morgan fingerprint density at radius 1 is 1.16 bits per heavy atom. The minimum Gasteiger partial charge on any atom is -0.488 e. The SMILES string of the molecule is Fc1cc(OC[C@@H]2COCCO2)c2[nH]c(-c3ccnc(Br)c3)c(-c3ccccn3)c2n1. The normalized spacial score (nSPS) is 16.5. The van der Waals surface area contributed by atoms with Crippen molar-refractivity contribution < 1.29 is 18.6 Å². The molecular weight excluding hydrogens is 467 g/mol. The second-order valence-corrected chi connectivity index (χ2v) is 7.82. The van der Waals surface area contributed by atoms with E-state index in [1.165, 1.54) is 6.07 Å². The van der Waals surface area contributed by atoms with E-state index in [0.29, 0.717) is 52.5 Å². The van der Waals surface area contributed by atoms with Crippen molar-refractivity contribution in [1.29, 1.82) is 0 Å². The predicted molar refractivity (Wildman–Crippen MR) is 116 cm³/mol. The van der Waals surface area contributed by atoms with Crippen LogP contribution in [0.15, 0.2) is 53.4 Å². The lowest BCUT2D eigenvalue weighted by Gasteiger charge is -2.23. The highest BCUT2D eigenvalue weighted by Crippen LogP contribution is 2.40. The van der Waals surface area contributed by atoms with Crippen LogP contribution in [-0.2, 0) is 9.47 Å². The Morgan fingerprint density at radius 2 is 2.10 bits per heavy atom. The van der Waals surface area contributed by atoms with E-state index < -0.39 is 5.95 Å². The fraction of sp³-hybridized carbons (Fsp3) is 0.227. The van der Waals surface area contributed by atoms with E-state index in [4.69, 9.17) is 14.2 Å². The maximum Gasteiger partial charge on any atom is 0.217 e. The van der Waals surface area contributed by atoms with Gasteiger partial charge in [0.2, 0.25) is 5.95 Å². The summed E-state index contributed by atoms with van der Waals surface area (Å²) in [6.07, 6.45) is 3.18. The molecule has 158 valence electrons. The first-order valence-electron chi connectivity index (χ1n) is 9.77. The molecule has 5 heterocycles. The number of H-pyrrole nitrogens is 1. The first-order chi connectivity index (χ1) is 15.2. The highest BCUT2D eigenvalue weighted by Gasteiger charge is 2.22. The second-order valence-electron chi connectivity index (χ2n) is 7.00. The first-order valence-corrected chi connectivity index (χ1v) is 10.6. The summed E-state index contributed by atoms with van der Waals surface area (Å²) in [4.78, 5) is 16.2. The number of aromatic amines is 1. The molecule has 9 heteroatoms. The first kappa shape index (κ1) is 20.0. The number of rotatable bonds is 5. The number of nitrogens with zero attached hydrogens (tertiary/aromatic N) is 3. The van der Waals surface area contributed by atoms with Crippen molar-refractivity contribution in [3.05, 3.63) is 59.3 Å². The van der Waals surface area contributed by atoms with Gasteiger partial charge in [0.05, 0.1) is 36.8 Å². The minimum absolute atomic E-state index is 0.208. The molecule has 0 amide bonds. The number of pyridine rings is 3. The second kappa shape index (κ2) is 8.70. The van der Waals surface area contributed by atoms with E-state index in [0.717, 1.165) is 11.3 Å². The molecule has 0 bridgehead atoms. The third-order valence-electron chi connectivity index (χ3n) is 4.93. The van der Waals surface area contributed by atoms with Crippen LogP contribution in [0.25, 0.3) is 33.5 Å². The summed E-state index contributed by atoms with van der Waals surface area (Å²) in [5.41, 5.74) is 3.99. The zero-order valence-corrected chi connectivity index (χ0v) is 17.9. The highest BCUT2D eigenvalue weighted by molar-refractivity contribution is 9.10. The number of ether oxygens (including phenoxy) is 3. The van der Waals surface area contributed by atoms with Gasteiger partial charge in [-0.2, -0.15) is 4.39 Å². The molecule has 0 spiro atoms. The van der Waals surface area contributed by atoms with Gasteiger partial charge >= 0.3 is 0 Å². The number of fused-ring (bicyclic) bond motifs is 1. The Hall–Kier alpha value is -2.88. The van der Waals surface area contributed by atoms with E-state index in [9.17, 15) is 4.39 Å². The molecule has 1 atom stereocenters. The van der Waals surface area contributed by atoms with Gasteiger partial charge in [-0.05, 0) is 40.2 Å². The van der Waals surface area contributed by atoms with Gasteiger partial charge in [-0.15, -0.1) is 0 Å². The number of halogens is 2.